The van der Waals surface area contributed by atoms with E-state index in [0.717, 1.165) is 18.2 Å². The molecule has 1 unspecified atom stereocenters. The van der Waals surface area contributed by atoms with Crippen LogP contribution in [0, 0.1) is 11.6 Å². The zero-order valence-electron chi connectivity index (χ0n) is 10.6. The second kappa shape index (κ2) is 6.02. The highest BCUT2D eigenvalue weighted by atomic mass is 35.5. The van der Waals surface area contributed by atoms with E-state index in [1.54, 1.807) is 0 Å². The Hall–Kier alpha value is -1.62. The lowest BCUT2D eigenvalue weighted by molar-refractivity contribution is -0.137. The van der Waals surface area contributed by atoms with Crippen LogP contribution < -0.4 is 0 Å². The molecule has 1 atom stereocenters. The minimum atomic E-state index is -4.41. The SMILES string of the molecule is Fc1cccc(C(Cl)Cc2ccc(C(F)(F)F)cc2)c1F. The Balaban J connectivity index is 2.16. The van der Waals surface area contributed by atoms with Gasteiger partial charge in [-0.05, 0) is 30.2 Å². The smallest absolute Gasteiger partial charge is 0.204 e. The van der Waals surface area contributed by atoms with Gasteiger partial charge in [0, 0.05) is 5.56 Å². The van der Waals surface area contributed by atoms with Crippen LogP contribution in [0.2, 0.25) is 0 Å². The fourth-order valence-electron chi connectivity index (χ4n) is 1.91. The summed E-state index contributed by atoms with van der Waals surface area (Å²) in [5, 5.41) is -0.863. The third-order valence-electron chi connectivity index (χ3n) is 3.02. The summed E-state index contributed by atoms with van der Waals surface area (Å²) in [6, 6.07) is 8.06. The maximum absolute atomic E-state index is 13.6. The summed E-state index contributed by atoms with van der Waals surface area (Å²) >= 11 is 6.02. The van der Waals surface area contributed by atoms with Crippen molar-refractivity contribution >= 4 is 11.6 Å². The molecule has 0 aliphatic heterocycles. The van der Waals surface area contributed by atoms with Gasteiger partial charge < -0.3 is 0 Å². The van der Waals surface area contributed by atoms with Crippen molar-refractivity contribution in [1.29, 1.82) is 0 Å². The van der Waals surface area contributed by atoms with Crippen LogP contribution in [0.15, 0.2) is 42.5 Å². The third-order valence-corrected chi connectivity index (χ3v) is 3.40. The standard InChI is InChI=1S/C15H10ClF5/c16-12(11-2-1-3-13(17)14(11)18)8-9-4-6-10(7-5-9)15(19,20)21/h1-7,12H,8H2. The summed E-state index contributed by atoms with van der Waals surface area (Å²) in [7, 11) is 0. The van der Waals surface area contributed by atoms with Gasteiger partial charge in [-0.2, -0.15) is 13.2 Å². The van der Waals surface area contributed by atoms with Gasteiger partial charge in [0.25, 0.3) is 0 Å². The van der Waals surface area contributed by atoms with Crippen LogP contribution in [0.3, 0.4) is 0 Å². The number of alkyl halides is 4. The molecule has 0 fully saturated rings. The summed E-state index contributed by atoms with van der Waals surface area (Å²) in [5.74, 6) is -2.05. The first kappa shape index (κ1) is 15.8. The fourth-order valence-corrected chi connectivity index (χ4v) is 2.26. The first-order chi connectivity index (χ1) is 9.79. The van der Waals surface area contributed by atoms with E-state index in [0.29, 0.717) is 5.56 Å². The Labute approximate surface area is 123 Å². The van der Waals surface area contributed by atoms with Gasteiger partial charge >= 0.3 is 6.18 Å². The highest BCUT2D eigenvalue weighted by Crippen LogP contribution is 2.31. The first-order valence-corrected chi connectivity index (χ1v) is 6.47. The summed E-state index contributed by atoms with van der Waals surface area (Å²) in [6.07, 6.45) is -4.31. The van der Waals surface area contributed by atoms with E-state index in [-0.39, 0.29) is 12.0 Å². The topological polar surface area (TPSA) is 0 Å². The van der Waals surface area contributed by atoms with Crippen LogP contribution in [-0.4, -0.2) is 0 Å². The molecule has 0 bridgehead atoms. The normalized spacial score (nSPS) is 13.2. The molecule has 0 aliphatic carbocycles. The Morgan fingerprint density at radius 1 is 0.952 bits per heavy atom. The minimum Gasteiger partial charge on any atom is -0.204 e. The van der Waals surface area contributed by atoms with Gasteiger partial charge in [-0.25, -0.2) is 8.78 Å². The molecule has 2 aromatic rings. The third kappa shape index (κ3) is 3.73. The average molecular weight is 321 g/mol. The van der Waals surface area contributed by atoms with Crippen LogP contribution in [0.4, 0.5) is 22.0 Å². The Kier molecular flexibility index (Phi) is 4.52. The van der Waals surface area contributed by atoms with Gasteiger partial charge in [0.1, 0.15) is 0 Å². The largest absolute Gasteiger partial charge is 0.416 e. The lowest BCUT2D eigenvalue weighted by Crippen LogP contribution is -2.05. The summed E-state index contributed by atoms with van der Waals surface area (Å²) in [5.41, 5.74) is -0.280. The molecular weight excluding hydrogens is 311 g/mol. The van der Waals surface area contributed by atoms with E-state index in [2.05, 4.69) is 0 Å². The molecule has 0 N–H and O–H groups in total. The van der Waals surface area contributed by atoms with E-state index in [1.165, 1.54) is 24.3 Å². The highest BCUT2D eigenvalue weighted by molar-refractivity contribution is 6.20. The first-order valence-electron chi connectivity index (χ1n) is 6.03. The monoisotopic (exact) mass is 320 g/mol. The second-order valence-electron chi connectivity index (χ2n) is 4.51. The predicted octanol–water partition coefficient (Wildman–Crippen LogP) is 5.51. The summed E-state index contributed by atoms with van der Waals surface area (Å²) < 4.78 is 64.0. The number of benzene rings is 2. The van der Waals surface area contributed by atoms with Crippen molar-refractivity contribution in [2.24, 2.45) is 0 Å². The molecular formula is C15H10ClF5. The summed E-state index contributed by atoms with van der Waals surface area (Å²) in [6.45, 7) is 0. The van der Waals surface area contributed by atoms with Crippen molar-refractivity contribution in [2.45, 2.75) is 18.0 Å². The van der Waals surface area contributed by atoms with Crippen LogP contribution >= 0.6 is 11.6 Å². The summed E-state index contributed by atoms with van der Waals surface area (Å²) in [4.78, 5) is 0. The van der Waals surface area contributed by atoms with Gasteiger partial charge in [-0.15, -0.1) is 11.6 Å². The van der Waals surface area contributed by atoms with E-state index < -0.39 is 28.8 Å². The predicted molar refractivity (Wildman–Crippen MR) is 70.1 cm³/mol. The van der Waals surface area contributed by atoms with Crippen molar-refractivity contribution < 1.29 is 22.0 Å². The second-order valence-corrected chi connectivity index (χ2v) is 5.04. The van der Waals surface area contributed by atoms with Gasteiger partial charge in [0.05, 0.1) is 10.9 Å². The van der Waals surface area contributed by atoms with Gasteiger partial charge in [-0.3, -0.25) is 0 Å². The van der Waals surface area contributed by atoms with Crippen LogP contribution in [0.5, 0.6) is 0 Å². The van der Waals surface area contributed by atoms with Gasteiger partial charge in [-0.1, -0.05) is 24.3 Å². The zero-order valence-corrected chi connectivity index (χ0v) is 11.3. The van der Waals surface area contributed by atoms with Gasteiger partial charge in [0.2, 0.25) is 0 Å². The molecule has 0 aliphatic rings. The lowest BCUT2D eigenvalue weighted by Gasteiger charge is -2.12. The Morgan fingerprint density at radius 3 is 2.14 bits per heavy atom. The average Bonchev–Trinajstić information content (AvgIpc) is 2.41. The molecule has 0 amide bonds. The highest BCUT2D eigenvalue weighted by Gasteiger charge is 2.30. The van der Waals surface area contributed by atoms with Crippen LogP contribution in [-0.2, 0) is 12.6 Å². The molecule has 0 radical (unpaired) electrons. The van der Waals surface area contributed by atoms with E-state index in [9.17, 15) is 22.0 Å². The van der Waals surface area contributed by atoms with E-state index >= 15 is 0 Å². The Bertz CT molecular complexity index is 619. The molecule has 0 spiro atoms. The molecule has 112 valence electrons. The fraction of sp³-hybridized carbons (Fsp3) is 0.200. The minimum absolute atomic E-state index is 0.0171. The van der Waals surface area contributed by atoms with E-state index in [1.807, 2.05) is 0 Å². The molecule has 0 aromatic heterocycles. The zero-order chi connectivity index (χ0) is 15.6. The quantitative estimate of drug-likeness (QED) is 0.517. The van der Waals surface area contributed by atoms with Gasteiger partial charge in [0.15, 0.2) is 11.6 Å². The van der Waals surface area contributed by atoms with Crippen molar-refractivity contribution in [1.82, 2.24) is 0 Å². The van der Waals surface area contributed by atoms with Crippen molar-refractivity contribution in [2.75, 3.05) is 0 Å². The molecule has 6 heteroatoms. The maximum atomic E-state index is 13.6. The van der Waals surface area contributed by atoms with Crippen molar-refractivity contribution in [3.05, 3.63) is 70.8 Å². The Morgan fingerprint density at radius 2 is 1.57 bits per heavy atom. The number of hydrogen-bond donors (Lipinski definition) is 0. The molecule has 21 heavy (non-hydrogen) atoms. The molecule has 0 heterocycles. The molecule has 2 aromatic carbocycles. The van der Waals surface area contributed by atoms with Crippen molar-refractivity contribution in [3.8, 4) is 0 Å². The number of hydrogen-bond acceptors (Lipinski definition) is 0. The van der Waals surface area contributed by atoms with Crippen LogP contribution in [0.25, 0.3) is 0 Å². The molecule has 2 rings (SSSR count). The molecule has 0 saturated heterocycles. The maximum Gasteiger partial charge on any atom is 0.416 e. The van der Waals surface area contributed by atoms with Crippen molar-refractivity contribution in [3.63, 3.8) is 0 Å². The number of halogens is 6. The van der Waals surface area contributed by atoms with E-state index in [4.69, 9.17) is 11.6 Å². The molecule has 0 nitrogen and oxygen atoms in total. The number of rotatable bonds is 3. The van der Waals surface area contributed by atoms with Crippen LogP contribution in [0.1, 0.15) is 22.1 Å². The molecule has 0 saturated carbocycles. The lowest BCUT2D eigenvalue weighted by atomic mass is 10.0.